The highest BCUT2D eigenvalue weighted by atomic mass is 32.7. The van der Waals surface area contributed by atoms with Crippen molar-refractivity contribution >= 4 is 72.8 Å². The van der Waals surface area contributed by atoms with Crippen LogP contribution < -0.4 is 5.32 Å². The third-order valence-electron chi connectivity index (χ3n) is 6.22. The number of nitrogens with one attached hydrogen (secondary N) is 2. The number of nitrogens with zero attached hydrogens (tertiary/aromatic N) is 7. The lowest BCUT2D eigenvalue weighted by Crippen LogP contribution is -2.53. The van der Waals surface area contributed by atoms with Crippen molar-refractivity contribution in [3.63, 3.8) is 0 Å². The summed E-state index contributed by atoms with van der Waals surface area (Å²) in [4.78, 5) is 44.8. The average Bonchev–Trinajstić information content (AvgIpc) is 3.55. The number of fused-ring (bicyclic) bond motifs is 6. The molecule has 214 valence electrons. The molecule has 1 saturated heterocycles. The van der Waals surface area contributed by atoms with Crippen molar-refractivity contribution in [2.75, 3.05) is 13.2 Å². The molecule has 6 rings (SSSR count). The van der Waals surface area contributed by atoms with Crippen LogP contribution in [-0.4, -0.2) is 102 Å². The number of amidine groups is 1. The Labute approximate surface area is 235 Å². The summed E-state index contributed by atoms with van der Waals surface area (Å²) < 4.78 is 43.1. The van der Waals surface area contributed by atoms with E-state index in [-0.39, 0.29) is 31.4 Å². The van der Waals surface area contributed by atoms with E-state index in [0.29, 0.717) is 11.2 Å². The van der Waals surface area contributed by atoms with Crippen LogP contribution in [0, 0.1) is 5.41 Å². The van der Waals surface area contributed by atoms with Crippen LogP contribution in [-0.2, 0) is 57.1 Å². The van der Waals surface area contributed by atoms with E-state index in [1.165, 1.54) is 23.8 Å². The Morgan fingerprint density at radius 1 is 1.30 bits per heavy atom. The number of guanidine groups is 1. The Morgan fingerprint density at radius 2 is 2.12 bits per heavy atom. The summed E-state index contributed by atoms with van der Waals surface area (Å²) in [5.74, 6) is -0.720. The molecular formula is C18H21N9O9P2S2. The summed E-state index contributed by atoms with van der Waals surface area (Å²) in [6.45, 7) is -8.80. The molecule has 0 aliphatic carbocycles. The quantitative estimate of drug-likeness (QED) is 0.193. The lowest BCUT2D eigenvalue weighted by atomic mass is 10.1. The monoisotopic (exact) mass is 633 g/mol. The van der Waals surface area contributed by atoms with Crippen LogP contribution in [0.5, 0.6) is 0 Å². The molecule has 2 bridgehead atoms. The maximum atomic E-state index is 13.4. The fourth-order valence-electron chi connectivity index (χ4n) is 4.47. The molecule has 0 spiro atoms. The molecule has 3 unspecified atom stereocenters. The van der Waals surface area contributed by atoms with Gasteiger partial charge in [-0.3, -0.25) is 34.5 Å². The van der Waals surface area contributed by atoms with Gasteiger partial charge in [0.2, 0.25) is 5.96 Å². The lowest BCUT2D eigenvalue weighted by Gasteiger charge is -2.31. The molecule has 1 fully saturated rings. The Bertz CT molecular complexity index is 1540. The molecule has 4 aliphatic heterocycles. The Kier molecular flexibility index (Phi) is 7.37. The second-order valence-corrected chi connectivity index (χ2v) is 14.5. The molecule has 6 heterocycles. The molecule has 0 aromatic carbocycles. The summed E-state index contributed by atoms with van der Waals surface area (Å²) in [5, 5.41) is 21.1. The van der Waals surface area contributed by atoms with Gasteiger partial charge in [-0.25, -0.2) is 19.5 Å². The normalized spacial score (nSPS) is 36.9. The van der Waals surface area contributed by atoms with E-state index < -0.39 is 62.6 Å². The largest absolute Gasteiger partial charge is 0.387 e. The summed E-state index contributed by atoms with van der Waals surface area (Å²) in [6.07, 6.45) is -1.35. The van der Waals surface area contributed by atoms with Crippen LogP contribution in [0.2, 0.25) is 0 Å². The molecule has 7 atom stereocenters. The number of carbonyl (C=O) groups excluding carboxylic acids is 1. The molecule has 2 aromatic heterocycles. The van der Waals surface area contributed by atoms with Crippen molar-refractivity contribution in [1.82, 2.24) is 29.7 Å². The number of rotatable bonds is 1. The van der Waals surface area contributed by atoms with E-state index >= 15 is 0 Å². The van der Waals surface area contributed by atoms with Gasteiger partial charge in [0, 0.05) is 6.54 Å². The van der Waals surface area contributed by atoms with Gasteiger partial charge in [-0.15, -0.1) is 0 Å². The van der Waals surface area contributed by atoms with Gasteiger partial charge in [0.25, 0.3) is 5.91 Å². The molecule has 0 radical (unpaired) electrons. The number of aliphatic hydroxyl groups excluding tert-OH is 1. The number of hydrogen-bond acceptors (Lipinski definition) is 15. The highest BCUT2D eigenvalue weighted by molar-refractivity contribution is 8.44. The number of aliphatic imine (C=N–C) groups is 2. The zero-order chi connectivity index (χ0) is 28.2. The minimum atomic E-state index is -4.22. The van der Waals surface area contributed by atoms with Crippen molar-refractivity contribution < 1.29 is 42.2 Å². The summed E-state index contributed by atoms with van der Waals surface area (Å²) >= 11 is 9.22. The number of amides is 1. The molecule has 4 aliphatic rings. The maximum absolute atomic E-state index is 13.4. The zero-order valence-electron chi connectivity index (χ0n) is 20.1. The van der Waals surface area contributed by atoms with Gasteiger partial charge >= 0.3 is 13.5 Å². The van der Waals surface area contributed by atoms with Crippen LogP contribution in [0.4, 0.5) is 0 Å². The number of imidazole rings is 1. The summed E-state index contributed by atoms with van der Waals surface area (Å²) in [6, 6.07) is -1.07. The first-order valence-electron chi connectivity index (χ1n) is 11.6. The Hall–Kier alpha value is -2.22. The number of aliphatic hydroxyl groups is 1. The maximum Gasteiger partial charge on any atom is 0.387 e. The second-order valence-electron chi connectivity index (χ2n) is 8.76. The Balaban J connectivity index is 1.33. The molecule has 4 N–H and O–H groups in total. The number of thiol groups is 1. The highest BCUT2D eigenvalue weighted by Gasteiger charge is 2.53. The van der Waals surface area contributed by atoms with Crippen molar-refractivity contribution in [2.45, 2.75) is 43.7 Å². The van der Waals surface area contributed by atoms with Crippen molar-refractivity contribution in [1.29, 1.82) is 5.41 Å². The van der Waals surface area contributed by atoms with Gasteiger partial charge in [-0.1, -0.05) is 12.2 Å². The Morgan fingerprint density at radius 3 is 2.95 bits per heavy atom. The third-order valence-corrected chi connectivity index (χ3v) is 9.44. The van der Waals surface area contributed by atoms with Gasteiger partial charge in [-0.05, 0) is 11.8 Å². The van der Waals surface area contributed by atoms with Crippen LogP contribution in [0.15, 0.2) is 22.5 Å². The van der Waals surface area contributed by atoms with E-state index in [2.05, 4.69) is 42.5 Å². The van der Waals surface area contributed by atoms with Gasteiger partial charge < -0.3 is 28.4 Å². The van der Waals surface area contributed by atoms with Crippen LogP contribution in [0.3, 0.4) is 0 Å². The van der Waals surface area contributed by atoms with Crippen LogP contribution >= 0.6 is 25.8 Å². The standard InChI is InChI=1S/C18H21N9O9P2S2/c19-18-24-15-11(16(29)25-18)22-7-27(15)17-13-12(28)9(35-17)4-33-37(30,39)32-2-1-26-10(5-34-38(31,40)36-13)23-8-3-20-6-21-14(8)26/h3,6-7,9,11-13,17,28H,1-2,4-5H2,(H,30,39)(H,31,40)(H2,19,25,29)/t9-,11?,12+,13-,17+,37?,38?/m1/s1. The van der Waals surface area contributed by atoms with E-state index in [9.17, 15) is 19.4 Å². The van der Waals surface area contributed by atoms with E-state index in [1.54, 1.807) is 4.57 Å². The molecule has 18 nitrogen and oxygen atoms in total. The van der Waals surface area contributed by atoms with E-state index in [0.717, 1.165) is 0 Å². The minimum Gasteiger partial charge on any atom is -0.387 e. The second kappa shape index (κ2) is 10.6. The first-order valence-corrected chi connectivity index (χ1v) is 16.9. The topological polar surface area (TPSA) is 228 Å². The van der Waals surface area contributed by atoms with Gasteiger partial charge in [0.1, 0.15) is 42.6 Å². The van der Waals surface area contributed by atoms with Crippen LogP contribution in [0.25, 0.3) is 11.2 Å². The van der Waals surface area contributed by atoms with E-state index in [1.807, 2.05) is 0 Å². The molecular weight excluding hydrogens is 612 g/mol. The van der Waals surface area contributed by atoms with Crippen molar-refractivity contribution in [3.05, 3.63) is 18.3 Å². The molecule has 40 heavy (non-hydrogen) atoms. The average molecular weight is 634 g/mol. The smallest absolute Gasteiger partial charge is 0.387 e. The van der Waals surface area contributed by atoms with Gasteiger partial charge in [0.15, 0.2) is 23.8 Å². The SMILES string of the molecule is N=C1N=C2C(N=CN2[C@H]2O[C@@H]3COP(O)(=S)OCCn4c(nc5cncnc54)COP(=O)(S)O[C@@H]2[C@H]3O)C(=O)N1. The van der Waals surface area contributed by atoms with Gasteiger partial charge in [0.05, 0.1) is 25.7 Å². The highest BCUT2D eigenvalue weighted by Crippen LogP contribution is 2.56. The first-order chi connectivity index (χ1) is 19.0. The predicted octanol–water partition coefficient (Wildman–Crippen LogP) is -0.709. The number of carbonyl (C=O) groups is 1. The first kappa shape index (κ1) is 27.9. The van der Waals surface area contributed by atoms with Gasteiger partial charge in [-0.2, -0.15) is 4.99 Å². The predicted molar refractivity (Wildman–Crippen MR) is 142 cm³/mol. The minimum absolute atomic E-state index is 0.0240. The lowest BCUT2D eigenvalue weighted by molar-refractivity contribution is -0.119. The van der Waals surface area contributed by atoms with Crippen molar-refractivity contribution in [2.24, 2.45) is 9.98 Å². The molecule has 1 amide bonds. The number of ether oxygens (including phenoxy) is 1. The third kappa shape index (κ3) is 5.37. The molecule has 0 saturated carbocycles. The molecule has 2 aromatic rings. The number of aromatic nitrogens is 4. The molecule has 22 heteroatoms. The van der Waals surface area contributed by atoms with Crippen LogP contribution in [0.1, 0.15) is 5.82 Å². The van der Waals surface area contributed by atoms with E-state index in [4.69, 9.17) is 40.0 Å². The summed E-state index contributed by atoms with van der Waals surface area (Å²) in [7, 11) is 0. The fraction of sp³-hybridized carbons (Fsp3) is 0.500. The van der Waals surface area contributed by atoms with Crippen molar-refractivity contribution in [3.8, 4) is 0 Å². The zero-order valence-corrected chi connectivity index (χ0v) is 23.6. The summed E-state index contributed by atoms with van der Waals surface area (Å²) in [5.41, 5.74) is 0.849. The number of hydrogen-bond donors (Lipinski definition) is 5. The fourth-order valence-corrected chi connectivity index (χ4v) is 6.98.